The van der Waals surface area contributed by atoms with Gasteiger partial charge < -0.3 is 87.0 Å². The molecule has 0 bridgehead atoms. The van der Waals surface area contributed by atoms with Gasteiger partial charge in [-0.1, -0.05) is 111 Å². The Bertz CT molecular complexity index is 3070. The Morgan fingerprint density at radius 2 is 1.40 bits per heavy atom. The number of rotatable bonds is 39. The maximum Gasteiger partial charge on any atom is 0.410 e. The summed E-state index contributed by atoms with van der Waals surface area (Å²) in [5.41, 5.74) is 6.64. The van der Waals surface area contributed by atoms with Crippen LogP contribution < -0.4 is 43.0 Å². The molecule has 98 heavy (non-hydrogen) atoms. The summed E-state index contributed by atoms with van der Waals surface area (Å²) in [4.78, 5) is 161. The molecule has 0 spiro atoms. The summed E-state index contributed by atoms with van der Waals surface area (Å²) in [5.74, 6) is -7.21. The van der Waals surface area contributed by atoms with Crippen molar-refractivity contribution in [2.75, 3.05) is 66.0 Å². The van der Waals surface area contributed by atoms with E-state index in [1.54, 1.807) is 91.6 Å². The monoisotopic (exact) mass is 1400 g/mol. The number of aliphatic hydroxyl groups excluding tert-OH is 2. The number of likely N-dealkylation sites (N-methyl/N-ethyl adjacent to an activating group) is 2. The molecule has 2 heterocycles. The summed E-state index contributed by atoms with van der Waals surface area (Å²) in [5, 5.41) is 40.5. The maximum atomic E-state index is 14.8. The predicted octanol–water partition coefficient (Wildman–Crippen LogP) is 2.44. The van der Waals surface area contributed by atoms with Crippen molar-refractivity contribution in [3.63, 3.8) is 0 Å². The van der Waals surface area contributed by atoms with Gasteiger partial charge in [-0.2, -0.15) is 0 Å². The molecule has 0 aliphatic carbocycles. The molecule has 1 saturated heterocycles. The van der Waals surface area contributed by atoms with Gasteiger partial charge >= 0.3 is 19.7 Å². The topological polar surface area (TPSA) is 420 Å². The first-order valence-electron chi connectivity index (χ1n) is 33.4. The standard InChI is InChI=1S/C67H107N12O18P/c1-15-41(8)57(50(95-13)35-53(82)78-33-20-24-48(78)59(96-14)42(9)60(84)71-43(10)58(83)45-21-17-16-18-22-45)76(11)65(89)55(39(4)5)75-64(88)56(40(6)7)77(12)67(91)97-37-44-25-27-46(28-26-44)72-61(85)47(23-19-31-70-66(68)90)73-63(87)54(38(2)3)74-62(86)49(36-69-32-34-98(92,93)94)79-51(80)29-30-52(79)81/h16-18,21-22,25-30,38-43,47-51,54-59,69,80,83H,15,19-20,23-24,31-37H2,1-14H3,(H,71,84)(H,72,85)(H,73,87)(H,74,86)(H,75,88)(H3,68,70,90)(H2,92,93,94)/t41-,42+,43-,47-,48-,49?,50+,51?,54-,55-,56+,57+,58-,59-/m0/s1. The molecule has 2 aliphatic heterocycles. The van der Waals surface area contributed by atoms with Crippen LogP contribution in [0.3, 0.4) is 0 Å². The predicted molar refractivity (Wildman–Crippen MR) is 365 cm³/mol. The van der Waals surface area contributed by atoms with Gasteiger partial charge in [-0.15, -0.1) is 0 Å². The van der Waals surface area contributed by atoms with E-state index in [2.05, 4.69) is 37.2 Å². The first-order chi connectivity index (χ1) is 46.1. The summed E-state index contributed by atoms with van der Waals surface area (Å²) in [6.07, 6.45) is -1.34. The maximum absolute atomic E-state index is 14.8. The number of nitrogens with zero attached hydrogens (tertiary/aromatic N) is 4. The Balaban J connectivity index is 1.42. The molecule has 31 heteroatoms. The molecule has 0 saturated carbocycles. The number of anilines is 1. The van der Waals surface area contributed by atoms with E-state index in [0.29, 0.717) is 36.9 Å². The number of hydrogen-bond acceptors (Lipinski definition) is 17. The summed E-state index contributed by atoms with van der Waals surface area (Å²) < 4.78 is 29.2. The fourth-order valence-electron chi connectivity index (χ4n) is 12.3. The third-order valence-corrected chi connectivity index (χ3v) is 18.8. The van der Waals surface area contributed by atoms with E-state index in [1.807, 2.05) is 32.0 Å². The third-order valence-electron chi connectivity index (χ3n) is 18.0. The Kier molecular flexibility index (Phi) is 33.2. The van der Waals surface area contributed by atoms with E-state index in [4.69, 9.17) is 19.9 Å². The minimum atomic E-state index is -4.43. The van der Waals surface area contributed by atoms with Crippen molar-refractivity contribution in [1.29, 1.82) is 0 Å². The lowest BCUT2D eigenvalue weighted by Crippen LogP contribution is -2.60. The first-order valence-corrected chi connectivity index (χ1v) is 35.2. The second kappa shape index (κ2) is 39.3. The lowest BCUT2D eigenvalue weighted by atomic mass is 9.89. The van der Waals surface area contributed by atoms with Crippen molar-refractivity contribution in [1.82, 2.24) is 51.5 Å². The van der Waals surface area contributed by atoms with Gasteiger partial charge in [0.1, 0.15) is 43.0 Å². The van der Waals surface area contributed by atoms with Gasteiger partial charge in [0.25, 0.3) is 0 Å². The Labute approximate surface area is 575 Å². The minimum absolute atomic E-state index is 0.0323. The first kappa shape index (κ1) is 82.9. The number of primary amides is 1. The average Bonchev–Trinajstić information content (AvgIpc) is 1.15. The summed E-state index contributed by atoms with van der Waals surface area (Å²) >= 11 is 0. The highest BCUT2D eigenvalue weighted by molar-refractivity contribution is 7.51. The fourth-order valence-corrected chi connectivity index (χ4v) is 12.7. The van der Waals surface area contributed by atoms with Crippen LogP contribution in [-0.4, -0.2) is 226 Å². The van der Waals surface area contributed by atoms with Crippen LogP contribution >= 0.6 is 7.60 Å². The molecule has 13 N–H and O–H groups in total. The molecule has 2 aromatic carbocycles. The molecule has 11 amide bonds. The second-order valence-electron chi connectivity index (χ2n) is 26.4. The van der Waals surface area contributed by atoms with Gasteiger partial charge in [-0.3, -0.25) is 52.7 Å². The molecule has 2 aliphatic rings. The number of urea groups is 1. The van der Waals surface area contributed by atoms with Crippen LogP contribution in [0.4, 0.5) is 15.3 Å². The summed E-state index contributed by atoms with van der Waals surface area (Å²) in [7, 11) is 1.59. The van der Waals surface area contributed by atoms with E-state index in [0.717, 1.165) is 22.0 Å². The number of carbonyl (C=O) groups excluding carboxylic acids is 10. The zero-order valence-corrected chi connectivity index (χ0v) is 59.9. The van der Waals surface area contributed by atoms with Gasteiger partial charge in [0.15, 0.2) is 0 Å². The molecule has 2 aromatic rings. The number of benzene rings is 2. The van der Waals surface area contributed by atoms with Crippen molar-refractivity contribution in [3.05, 3.63) is 77.9 Å². The van der Waals surface area contributed by atoms with Crippen LogP contribution in [0.2, 0.25) is 0 Å². The number of hydrogen-bond donors (Lipinski definition) is 12. The van der Waals surface area contributed by atoms with Crippen LogP contribution in [0, 0.1) is 29.6 Å². The Morgan fingerprint density at radius 3 is 1.95 bits per heavy atom. The lowest BCUT2D eigenvalue weighted by Gasteiger charge is -2.41. The molecule has 2 unspecified atom stereocenters. The average molecular weight is 1400 g/mol. The van der Waals surface area contributed by atoms with E-state index in [-0.39, 0.29) is 68.9 Å². The zero-order chi connectivity index (χ0) is 73.5. The smallest absolute Gasteiger partial charge is 0.410 e. The van der Waals surface area contributed by atoms with E-state index in [1.165, 1.54) is 38.3 Å². The minimum Gasteiger partial charge on any atom is -0.445 e. The number of aliphatic hydroxyl groups is 2. The third kappa shape index (κ3) is 24.1. The van der Waals surface area contributed by atoms with Gasteiger partial charge in [0.05, 0.1) is 54.9 Å². The number of carbonyl (C=O) groups is 10. The van der Waals surface area contributed by atoms with E-state index < -0.39 is 158 Å². The van der Waals surface area contributed by atoms with Crippen LogP contribution in [-0.2, 0) is 63.7 Å². The van der Waals surface area contributed by atoms with Gasteiger partial charge in [-0.25, -0.2) is 9.59 Å². The number of nitrogens with one attached hydrogen (secondary N) is 7. The molecule has 548 valence electrons. The van der Waals surface area contributed by atoms with Crippen molar-refractivity contribution >= 4 is 72.7 Å². The molecular weight excluding hydrogens is 1290 g/mol. The van der Waals surface area contributed by atoms with Crippen molar-refractivity contribution in [2.45, 2.75) is 187 Å². The number of likely N-dealkylation sites (tertiary alicyclic amines) is 1. The molecule has 0 aromatic heterocycles. The number of ether oxygens (including phenoxy) is 3. The highest BCUT2D eigenvalue weighted by Gasteiger charge is 2.45. The Hall–Kier alpha value is -7.57. The lowest BCUT2D eigenvalue weighted by molar-refractivity contribution is -0.148. The van der Waals surface area contributed by atoms with E-state index in [9.17, 15) is 72.5 Å². The van der Waals surface area contributed by atoms with Crippen molar-refractivity contribution in [2.24, 2.45) is 35.3 Å². The van der Waals surface area contributed by atoms with Crippen molar-refractivity contribution in [3.8, 4) is 0 Å². The van der Waals surface area contributed by atoms with Crippen LogP contribution in [0.1, 0.15) is 125 Å². The van der Waals surface area contributed by atoms with Gasteiger partial charge in [0, 0.05) is 66.3 Å². The van der Waals surface area contributed by atoms with Crippen LogP contribution in [0.5, 0.6) is 0 Å². The van der Waals surface area contributed by atoms with Gasteiger partial charge in [0.2, 0.25) is 47.3 Å². The zero-order valence-electron chi connectivity index (χ0n) is 59.0. The van der Waals surface area contributed by atoms with Crippen molar-refractivity contribution < 1.29 is 86.7 Å². The second-order valence-corrected chi connectivity index (χ2v) is 28.1. The number of nitrogens with two attached hydrogens (primary N) is 1. The largest absolute Gasteiger partial charge is 0.445 e. The quantitative estimate of drug-likeness (QED) is 0.0338. The van der Waals surface area contributed by atoms with E-state index >= 15 is 0 Å². The molecule has 4 rings (SSSR count). The normalized spacial score (nSPS) is 18.4. The molecule has 30 nitrogen and oxygen atoms in total. The highest BCUT2D eigenvalue weighted by atomic mass is 31.2. The molecule has 0 radical (unpaired) electrons. The summed E-state index contributed by atoms with van der Waals surface area (Å²) in [6, 6.07) is 6.41. The number of amides is 11. The number of methoxy groups -OCH3 is 2. The SMILES string of the molecule is CC[C@H](C)[C@H]([C@@H](CC(=O)N1CCC[C@H]1[C@@H](OC)[C@@H](C)C(=O)N[C@@H](C)[C@H](O)c1ccccc1)OC)N(C)C(=O)[C@@H](NC(=O)[C@@H](C(C)C)N(C)C(=O)OCc1ccc(NC(=O)[C@H](CCCNC(N)=O)NC(=O)[C@@H](NC(=O)C(CNCCP(=O)(O)O)N2C(=O)C=CC2O)C(C)C)cc1)C(C)C. The fraction of sp³-hybridized carbons (Fsp3) is 0.642. The molecule has 1 fully saturated rings. The van der Waals surface area contributed by atoms with Crippen LogP contribution in [0.25, 0.3) is 0 Å². The molecule has 14 atom stereocenters. The van der Waals surface area contributed by atoms with Gasteiger partial charge in [-0.05, 0) is 85.6 Å². The Morgan fingerprint density at radius 1 is 0.765 bits per heavy atom. The highest BCUT2D eigenvalue weighted by Crippen LogP contribution is 2.33. The molecular formula is C67H107N12O18P. The summed E-state index contributed by atoms with van der Waals surface area (Å²) in [6.45, 7) is 17.2. The van der Waals surface area contributed by atoms with Crippen LogP contribution in [0.15, 0.2) is 66.7 Å².